The van der Waals surface area contributed by atoms with Crippen LogP contribution in [0.25, 0.3) is 0 Å². The first kappa shape index (κ1) is 29.1. The molecule has 1 nitrogen and oxygen atoms in total. The topological polar surface area (TPSA) is 9.23 Å². The lowest BCUT2D eigenvalue weighted by Crippen LogP contribution is -1.92. The zero-order valence-corrected chi connectivity index (χ0v) is 22.5. The highest BCUT2D eigenvalue weighted by Crippen LogP contribution is 2.62. The van der Waals surface area contributed by atoms with E-state index in [2.05, 4.69) is 64.3 Å². The Kier molecular flexibility index (Phi) is 22.2. The Morgan fingerprint density at radius 3 is 1.32 bits per heavy atom. The van der Waals surface area contributed by atoms with Gasteiger partial charge in [0.25, 0.3) is 0 Å². The van der Waals surface area contributed by atoms with Crippen molar-refractivity contribution in [3.8, 4) is 0 Å². The number of hydrogen-bond donors (Lipinski definition) is 0. The first-order valence-corrected chi connectivity index (χ1v) is 16.5. The summed E-state index contributed by atoms with van der Waals surface area (Å²) >= 11 is 4.25. The van der Waals surface area contributed by atoms with E-state index in [1.165, 1.54) is 88.6 Å². The molecule has 0 aliphatic heterocycles. The maximum atomic E-state index is 6.33. The third-order valence-corrected chi connectivity index (χ3v) is 11.5. The van der Waals surface area contributed by atoms with Crippen molar-refractivity contribution >= 4 is 29.3 Å². The monoisotopic (exact) mass is 450 g/mol. The molecule has 0 heterocycles. The summed E-state index contributed by atoms with van der Waals surface area (Å²) in [6.45, 7) is 14.6. The molecular weight excluding hydrogens is 399 g/mol. The van der Waals surface area contributed by atoms with Crippen molar-refractivity contribution in [2.24, 2.45) is 17.8 Å². The lowest BCUT2D eigenvalue weighted by Gasteiger charge is -2.16. The average Bonchev–Trinajstić information content (AvgIpc) is 2.62. The van der Waals surface area contributed by atoms with E-state index in [-0.39, 0.29) is 6.55 Å². The smallest absolute Gasteiger partial charge is 0.151 e. The second-order valence-electron chi connectivity index (χ2n) is 9.45. The van der Waals surface area contributed by atoms with Crippen LogP contribution in [0.4, 0.5) is 0 Å². The lowest BCUT2D eigenvalue weighted by atomic mass is 10.1. The van der Waals surface area contributed by atoms with Crippen molar-refractivity contribution in [3.63, 3.8) is 0 Å². The van der Waals surface area contributed by atoms with E-state index >= 15 is 0 Å². The van der Waals surface area contributed by atoms with Crippen molar-refractivity contribution in [3.05, 3.63) is 0 Å². The zero-order valence-electron chi connectivity index (χ0n) is 20.0. The molecule has 0 fully saturated rings. The fourth-order valence-corrected chi connectivity index (χ4v) is 9.29. The fourth-order valence-electron chi connectivity index (χ4n) is 3.02. The Bertz CT molecular complexity index is 263. The summed E-state index contributed by atoms with van der Waals surface area (Å²) in [5, 5.41) is 0. The molecule has 0 aromatic carbocycles. The summed E-state index contributed by atoms with van der Waals surface area (Å²) in [5.41, 5.74) is 0. The minimum atomic E-state index is -0.327. The normalized spacial score (nSPS) is 12.2. The molecule has 0 aliphatic rings. The molecule has 0 aromatic heterocycles. The van der Waals surface area contributed by atoms with Gasteiger partial charge in [0.2, 0.25) is 0 Å². The number of hydrogen-bond acceptors (Lipinski definition) is 3. The molecule has 4 heteroatoms. The third-order valence-electron chi connectivity index (χ3n) is 4.87. The number of rotatable bonds is 21. The van der Waals surface area contributed by atoms with E-state index in [1.54, 1.807) is 0 Å². The molecule has 0 N–H and O–H groups in total. The Labute approximate surface area is 188 Å². The molecule has 0 saturated heterocycles. The van der Waals surface area contributed by atoms with E-state index < -0.39 is 0 Å². The maximum Gasteiger partial charge on any atom is 0.151 e. The van der Waals surface area contributed by atoms with Gasteiger partial charge >= 0.3 is 0 Å². The highest BCUT2D eigenvalue weighted by molar-refractivity contribution is 8.86. The Hall–Kier alpha value is 1.09. The van der Waals surface area contributed by atoms with Gasteiger partial charge < -0.3 is 4.52 Å². The summed E-state index contributed by atoms with van der Waals surface area (Å²) in [6, 6.07) is 0. The van der Waals surface area contributed by atoms with Crippen LogP contribution in [0.3, 0.4) is 0 Å². The van der Waals surface area contributed by atoms with Crippen molar-refractivity contribution in [1.82, 2.24) is 0 Å². The van der Waals surface area contributed by atoms with Crippen molar-refractivity contribution in [2.45, 2.75) is 119 Å². The zero-order chi connectivity index (χ0) is 21.0. The Morgan fingerprint density at radius 2 is 0.929 bits per heavy atom. The van der Waals surface area contributed by atoms with E-state index in [9.17, 15) is 0 Å². The highest BCUT2D eigenvalue weighted by atomic mass is 33.1. The highest BCUT2D eigenvalue weighted by Gasteiger charge is 2.11. The van der Waals surface area contributed by atoms with Crippen LogP contribution in [-0.2, 0) is 4.52 Å². The van der Waals surface area contributed by atoms with E-state index in [4.69, 9.17) is 4.52 Å². The SMILES string of the molecule is CC(C)CCCCCOP(SCCCCCC(C)C)SCCCCCC(C)C. The van der Waals surface area contributed by atoms with Crippen molar-refractivity contribution in [1.29, 1.82) is 0 Å². The molecule has 0 rings (SSSR count). The molecule has 0 aliphatic carbocycles. The van der Waals surface area contributed by atoms with Gasteiger partial charge in [0.1, 0.15) is 0 Å². The van der Waals surface area contributed by atoms with Crippen LogP contribution in [0.1, 0.15) is 119 Å². The summed E-state index contributed by atoms with van der Waals surface area (Å²) in [6.07, 6.45) is 16.4. The molecule has 0 bridgehead atoms. The Balaban J connectivity index is 3.89. The molecule has 0 atom stereocenters. The van der Waals surface area contributed by atoms with Crippen LogP contribution >= 0.6 is 29.3 Å². The van der Waals surface area contributed by atoms with Gasteiger partial charge in [-0.1, -0.05) is 122 Å². The van der Waals surface area contributed by atoms with Gasteiger partial charge in [-0.05, 0) is 37.0 Å². The fraction of sp³-hybridized carbons (Fsp3) is 1.00. The summed E-state index contributed by atoms with van der Waals surface area (Å²) < 4.78 is 6.33. The van der Waals surface area contributed by atoms with Crippen molar-refractivity contribution < 1.29 is 4.52 Å². The molecule has 0 aromatic rings. The number of unbranched alkanes of at least 4 members (excludes halogenated alkanes) is 6. The van der Waals surface area contributed by atoms with E-state index in [1.807, 2.05) is 0 Å². The lowest BCUT2D eigenvalue weighted by molar-refractivity contribution is 0.346. The molecule has 0 unspecified atom stereocenters. The van der Waals surface area contributed by atoms with Crippen LogP contribution in [0.5, 0.6) is 0 Å². The minimum absolute atomic E-state index is 0.327. The second-order valence-corrected chi connectivity index (χ2v) is 15.7. The standard InChI is InChI=1S/C24H51OPS2/c1-22(2)16-10-7-13-19-25-26(27-20-14-8-11-17-23(3)4)28-21-15-9-12-18-24(5)6/h22-24H,7-21H2,1-6H3. The van der Waals surface area contributed by atoms with Crippen LogP contribution in [-0.4, -0.2) is 18.1 Å². The molecule has 0 saturated carbocycles. The molecular formula is C24H51OPS2. The van der Waals surface area contributed by atoms with Crippen LogP contribution in [0.15, 0.2) is 0 Å². The predicted molar refractivity (Wildman–Crippen MR) is 138 cm³/mol. The molecule has 0 amide bonds. The van der Waals surface area contributed by atoms with Gasteiger partial charge in [-0.3, -0.25) is 0 Å². The quantitative estimate of drug-likeness (QED) is 0.127. The molecule has 170 valence electrons. The summed E-state index contributed by atoms with van der Waals surface area (Å²) in [4.78, 5) is 0. The first-order valence-electron chi connectivity index (χ1n) is 12.1. The average molecular weight is 451 g/mol. The van der Waals surface area contributed by atoms with Gasteiger partial charge in [0.05, 0.1) is 6.61 Å². The molecule has 0 radical (unpaired) electrons. The molecule has 0 spiro atoms. The van der Waals surface area contributed by atoms with Gasteiger partial charge in [-0.25, -0.2) is 0 Å². The largest absolute Gasteiger partial charge is 0.339 e. The van der Waals surface area contributed by atoms with Gasteiger partial charge in [-0.2, -0.15) is 0 Å². The second kappa shape index (κ2) is 21.3. The van der Waals surface area contributed by atoms with Crippen LogP contribution < -0.4 is 0 Å². The van der Waals surface area contributed by atoms with Crippen molar-refractivity contribution in [2.75, 3.05) is 18.1 Å². The third kappa shape index (κ3) is 23.4. The maximum absolute atomic E-state index is 6.33. The summed E-state index contributed by atoms with van der Waals surface area (Å²) in [5.74, 6) is 5.13. The van der Waals surface area contributed by atoms with Crippen LogP contribution in [0, 0.1) is 17.8 Å². The van der Waals surface area contributed by atoms with Gasteiger partial charge in [0, 0.05) is 11.5 Å². The van der Waals surface area contributed by atoms with Gasteiger partial charge in [-0.15, -0.1) is 0 Å². The first-order chi connectivity index (χ1) is 13.4. The van der Waals surface area contributed by atoms with Crippen LogP contribution in [0.2, 0.25) is 0 Å². The molecule has 28 heavy (non-hydrogen) atoms. The van der Waals surface area contributed by atoms with E-state index in [0.29, 0.717) is 0 Å². The Morgan fingerprint density at radius 1 is 0.536 bits per heavy atom. The van der Waals surface area contributed by atoms with Gasteiger partial charge in [0.15, 0.2) is 6.55 Å². The minimum Gasteiger partial charge on any atom is -0.339 e. The summed E-state index contributed by atoms with van der Waals surface area (Å²) in [7, 11) is 0. The predicted octanol–water partition coefficient (Wildman–Crippen LogP) is 10.3. The van der Waals surface area contributed by atoms with E-state index in [0.717, 1.165) is 24.4 Å².